The standard InChI is InChI=1S/C7H9O2P/c8-7-4-2-1-3-6(7)5-10-9/h1-4,8H,5,10H2. The van der Waals surface area contributed by atoms with Crippen molar-refractivity contribution in [2.75, 3.05) is 0 Å². The summed E-state index contributed by atoms with van der Waals surface area (Å²) in [6.07, 6.45) is 0.493. The second kappa shape index (κ2) is 3.43. The molecule has 0 fully saturated rings. The predicted octanol–water partition coefficient (Wildman–Crippen LogP) is 1.65. The van der Waals surface area contributed by atoms with Gasteiger partial charge in [0.2, 0.25) is 0 Å². The van der Waals surface area contributed by atoms with Crippen LogP contribution >= 0.6 is 8.46 Å². The summed E-state index contributed by atoms with van der Waals surface area (Å²) in [4.78, 5) is 0. The van der Waals surface area contributed by atoms with Gasteiger partial charge in [0.25, 0.3) is 0 Å². The largest absolute Gasteiger partial charge is 0.508 e. The summed E-state index contributed by atoms with van der Waals surface area (Å²) in [7, 11) is -0.797. The van der Waals surface area contributed by atoms with Gasteiger partial charge in [-0.1, -0.05) is 18.2 Å². The maximum absolute atomic E-state index is 10.2. The Morgan fingerprint density at radius 1 is 1.40 bits per heavy atom. The third kappa shape index (κ3) is 1.61. The number of aromatic hydroxyl groups is 1. The SMILES string of the molecule is O=[PH2]Cc1ccccc1O. The smallest absolute Gasteiger partial charge is 0.119 e. The maximum Gasteiger partial charge on any atom is 0.119 e. The van der Waals surface area contributed by atoms with Crippen molar-refractivity contribution in [1.29, 1.82) is 0 Å². The molecule has 0 radical (unpaired) electrons. The molecule has 0 aliphatic heterocycles. The molecular weight excluding hydrogens is 147 g/mol. The van der Waals surface area contributed by atoms with E-state index in [2.05, 4.69) is 0 Å². The summed E-state index contributed by atoms with van der Waals surface area (Å²) in [5.41, 5.74) is 0.771. The number of benzene rings is 1. The molecule has 1 aromatic carbocycles. The van der Waals surface area contributed by atoms with Crippen molar-refractivity contribution >= 4 is 8.46 Å². The molecule has 0 aliphatic carbocycles. The van der Waals surface area contributed by atoms with E-state index in [1.54, 1.807) is 18.2 Å². The first-order valence-corrected chi connectivity index (χ1v) is 4.34. The van der Waals surface area contributed by atoms with E-state index >= 15 is 0 Å². The number of phenolic OH excluding ortho intramolecular Hbond substituents is 1. The van der Waals surface area contributed by atoms with Crippen molar-refractivity contribution < 1.29 is 9.67 Å². The second-order valence-electron chi connectivity index (χ2n) is 2.00. The average Bonchev–Trinajstić information content (AvgIpc) is 1.94. The van der Waals surface area contributed by atoms with Crippen LogP contribution in [-0.4, -0.2) is 5.11 Å². The number of hydrogen-bond donors (Lipinski definition) is 1. The molecular formula is C7H9O2P. The fourth-order valence-electron chi connectivity index (χ4n) is 0.773. The van der Waals surface area contributed by atoms with E-state index < -0.39 is 8.46 Å². The molecule has 0 saturated carbocycles. The van der Waals surface area contributed by atoms with Gasteiger partial charge in [-0.3, -0.25) is 0 Å². The molecule has 1 unspecified atom stereocenters. The molecule has 0 spiro atoms. The first kappa shape index (κ1) is 7.36. The molecule has 0 heterocycles. The normalized spacial score (nSPS) is 10.8. The van der Waals surface area contributed by atoms with Gasteiger partial charge in [-0.2, -0.15) is 0 Å². The van der Waals surface area contributed by atoms with Gasteiger partial charge in [0.05, 0.1) is 8.46 Å². The maximum atomic E-state index is 10.2. The van der Waals surface area contributed by atoms with Crippen molar-refractivity contribution in [2.45, 2.75) is 6.16 Å². The first-order chi connectivity index (χ1) is 4.84. The first-order valence-electron chi connectivity index (χ1n) is 3.05. The zero-order valence-electron chi connectivity index (χ0n) is 5.45. The molecule has 1 N–H and O–H groups in total. The molecule has 0 saturated heterocycles. The highest BCUT2D eigenvalue weighted by Gasteiger charge is 1.95. The lowest BCUT2D eigenvalue weighted by molar-refractivity contribution is 0.470. The highest BCUT2D eigenvalue weighted by Crippen LogP contribution is 2.19. The predicted molar refractivity (Wildman–Crippen MR) is 42.2 cm³/mol. The van der Waals surface area contributed by atoms with Crippen LogP contribution in [0.5, 0.6) is 5.75 Å². The highest BCUT2D eigenvalue weighted by molar-refractivity contribution is 7.22. The third-order valence-corrected chi connectivity index (χ3v) is 1.90. The lowest BCUT2D eigenvalue weighted by Gasteiger charge is -1.96. The van der Waals surface area contributed by atoms with E-state index in [0.717, 1.165) is 5.56 Å². The fourth-order valence-corrected chi connectivity index (χ4v) is 1.30. The van der Waals surface area contributed by atoms with Crippen molar-refractivity contribution in [3.63, 3.8) is 0 Å². The van der Waals surface area contributed by atoms with Crippen LogP contribution in [0.2, 0.25) is 0 Å². The van der Waals surface area contributed by atoms with Gasteiger partial charge in [-0.15, -0.1) is 0 Å². The van der Waals surface area contributed by atoms with Crippen molar-refractivity contribution in [1.82, 2.24) is 0 Å². The minimum atomic E-state index is -0.797. The molecule has 0 aromatic heterocycles. The quantitative estimate of drug-likeness (QED) is 0.661. The third-order valence-electron chi connectivity index (χ3n) is 1.29. The Balaban J connectivity index is 2.91. The summed E-state index contributed by atoms with van der Waals surface area (Å²) in [6.45, 7) is 0. The van der Waals surface area contributed by atoms with Crippen LogP contribution in [0.25, 0.3) is 0 Å². The molecule has 0 bridgehead atoms. The van der Waals surface area contributed by atoms with Crippen LogP contribution in [0.3, 0.4) is 0 Å². The summed E-state index contributed by atoms with van der Waals surface area (Å²) < 4.78 is 10.2. The van der Waals surface area contributed by atoms with Gasteiger partial charge >= 0.3 is 0 Å². The molecule has 0 aliphatic rings. The monoisotopic (exact) mass is 156 g/mol. The molecule has 10 heavy (non-hydrogen) atoms. The number of phenols is 1. The molecule has 3 heteroatoms. The van der Waals surface area contributed by atoms with Gasteiger partial charge < -0.3 is 9.67 Å². The van der Waals surface area contributed by atoms with E-state index in [1.807, 2.05) is 6.07 Å². The molecule has 1 rings (SSSR count). The zero-order chi connectivity index (χ0) is 7.40. The van der Waals surface area contributed by atoms with Crippen LogP contribution in [0.4, 0.5) is 0 Å². The number of para-hydroxylation sites is 1. The van der Waals surface area contributed by atoms with E-state index in [0.29, 0.717) is 6.16 Å². The van der Waals surface area contributed by atoms with Crippen LogP contribution in [-0.2, 0) is 10.7 Å². The van der Waals surface area contributed by atoms with Crippen molar-refractivity contribution in [3.05, 3.63) is 29.8 Å². The lowest BCUT2D eigenvalue weighted by Crippen LogP contribution is -1.76. The van der Waals surface area contributed by atoms with E-state index in [4.69, 9.17) is 5.11 Å². The molecule has 1 atom stereocenters. The Morgan fingerprint density at radius 2 is 2.10 bits per heavy atom. The number of rotatable bonds is 2. The van der Waals surface area contributed by atoms with E-state index in [9.17, 15) is 4.57 Å². The van der Waals surface area contributed by atoms with Crippen LogP contribution < -0.4 is 0 Å². The summed E-state index contributed by atoms with van der Waals surface area (Å²) in [6, 6.07) is 6.95. The summed E-state index contributed by atoms with van der Waals surface area (Å²) >= 11 is 0. The van der Waals surface area contributed by atoms with Gasteiger partial charge in [-0.05, 0) is 6.07 Å². The van der Waals surface area contributed by atoms with E-state index in [-0.39, 0.29) is 5.75 Å². The lowest BCUT2D eigenvalue weighted by atomic mass is 10.2. The van der Waals surface area contributed by atoms with Crippen molar-refractivity contribution in [2.24, 2.45) is 0 Å². The summed E-state index contributed by atoms with van der Waals surface area (Å²) in [5.74, 6) is 0.242. The Morgan fingerprint density at radius 3 is 2.70 bits per heavy atom. The Labute approximate surface area is 60.7 Å². The second-order valence-corrected chi connectivity index (χ2v) is 2.74. The zero-order valence-corrected chi connectivity index (χ0v) is 6.60. The van der Waals surface area contributed by atoms with Crippen LogP contribution in [0, 0.1) is 0 Å². The molecule has 1 aromatic rings. The minimum Gasteiger partial charge on any atom is -0.508 e. The van der Waals surface area contributed by atoms with Crippen LogP contribution in [0.1, 0.15) is 5.56 Å². The Hall–Kier alpha value is -0.750. The van der Waals surface area contributed by atoms with Crippen molar-refractivity contribution in [3.8, 4) is 5.75 Å². The highest BCUT2D eigenvalue weighted by atomic mass is 31.1. The van der Waals surface area contributed by atoms with Gasteiger partial charge in [0.1, 0.15) is 5.75 Å². The summed E-state index contributed by atoms with van der Waals surface area (Å²) in [5, 5.41) is 9.12. The Kier molecular flexibility index (Phi) is 2.52. The molecule has 54 valence electrons. The van der Waals surface area contributed by atoms with Gasteiger partial charge in [0.15, 0.2) is 0 Å². The van der Waals surface area contributed by atoms with Crippen LogP contribution in [0.15, 0.2) is 24.3 Å². The molecule has 0 amide bonds. The van der Waals surface area contributed by atoms with Gasteiger partial charge in [-0.25, -0.2) is 0 Å². The topological polar surface area (TPSA) is 37.3 Å². The van der Waals surface area contributed by atoms with E-state index in [1.165, 1.54) is 0 Å². The molecule has 2 nitrogen and oxygen atoms in total. The average molecular weight is 156 g/mol. The number of hydrogen-bond acceptors (Lipinski definition) is 2. The minimum absolute atomic E-state index is 0.242. The fraction of sp³-hybridized carbons (Fsp3) is 0.143. The Bertz CT molecular complexity index is 235. The van der Waals surface area contributed by atoms with Gasteiger partial charge in [0, 0.05) is 11.7 Å².